The summed E-state index contributed by atoms with van der Waals surface area (Å²) in [6, 6.07) is 25.7. The Labute approximate surface area is 172 Å². The van der Waals surface area contributed by atoms with Gasteiger partial charge in [0.25, 0.3) is 5.91 Å². The molecule has 2 atom stereocenters. The average Bonchev–Trinajstić information content (AvgIpc) is 2.75. The number of anilines is 1. The predicted molar refractivity (Wildman–Crippen MR) is 117 cm³/mol. The molecule has 3 aromatic carbocycles. The van der Waals surface area contributed by atoms with E-state index in [0.717, 1.165) is 17.7 Å². The number of methoxy groups -OCH3 is 1. The smallest absolute Gasteiger partial charge is 0.287 e. The number of quaternary nitrogens is 1. The van der Waals surface area contributed by atoms with Crippen molar-refractivity contribution in [1.29, 1.82) is 0 Å². The molecule has 0 unspecified atom stereocenters. The van der Waals surface area contributed by atoms with E-state index in [1.54, 1.807) is 7.11 Å². The Morgan fingerprint density at radius 1 is 0.966 bits per heavy atom. The molecule has 150 valence electrons. The Balaban J connectivity index is 1.79. The summed E-state index contributed by atoms with van der Waals surface area (Å²) < 4.78 is 5.42. The molecule has 0 saturated carbocycles. The number of rotatable bonds is 8. The Hall–Kier alpha value is -3.11. The minimum Gasteiger partial charge on any atom is -0.495 e. The van der Waals surface area contributed by atoms with Crippen LogP contribution in [-0.2, 0) is 4.79 Å². The second-order valence-corrected chi connectivity index (χ2v) is 7.36. The third-order valence-corrected chi connectivity index (χ3v) is 5.15. The molecule has 0 bridgehead atoms. The molecule has 0 aliphatic rings. The molecule has 3 aromatic rings. The number of nitrogens with two attached hydrogens (primary N) is 1. The highest BCUT2D eigenvalue weighted by atomic mass is 16.5. The lowest BCUT2D eigenvalue weighted by molar-refractivity contribution is -0.684. The van der Waals surface area contributed by atoms with Crippen molar-refractivity contribution >= 4 is 11.6 Å². The molecule has 0 aromatic heterocycles. The maximum Gasteiger partial charge on any atom is 0.287 e. The Morgan fingerprint density at radius 3 is 2.21 bits per heavy atom. The summed E-state index contributed by atoms with van der Waals surface area (Å²) in [7, 11) is 1.61. The largest absolute Gasteiger partial charge is 0.495 e. The van der Waals surface area contributed by atoms with Crippen LogP contribution in [0.4, 0.5) is 5.69 Å². The molecule has 3 N–H and O–H groups in total. The average molecular weight is 390 g/mol. The summed E-state index contributed by atoms with van der Waals surface area (Å²) in [6.07, 6.45) is 0. The number of hydrogen-bond acceptors (Lipinski definition) is 2. The number of aryl methyl sites for hydroxylation is 1. The van der Waals surface area contributed by atoms with Crippen molar-refractivity contribution in [3.8, 4) is 5.75 Å². The van der Waals surface area contributed by atoms with Crippen LogP contribution in [0.25, 0.3) is 0 Å². The standard InChI is InChI=1S/C25H28N2O2/c1-18-14-15-23(29-3)22(16-18)27-25(28)24(21-12-8-5-9-13-21)26-17-19(2)20-10-6-4-7-11-20/h4-16,19,24,26H,17H2,1-3H3,(H,27,28)/p+1/t19-,24+/m1/s1. The summed E-state index contributed by atoms with van der Waals surface area (Å²) in [5.41, 5.74) is 4.02. The molecule has 0 heterocycles. The van der Waals surface area contributed by atoms with Crippen LogP contribution in [0.5, 0.6) is 5.75 Å². The minimum absolute atomic E-state index is 0.0552. The third kappa shape index (κ3) is 5.46. The maximum absolute atomic E-state index is 13.2. The molecule has 0 fully saturated rings. The van der Waals surface area contributed by atoms with Gasteiger partial charge in [0.1, 0.15) is 5.75 Å². The number of amides is 1. The predicted octanol–water partition coefficient (Wildman–Crippen LogP) is 4.05. The lowest BCUT2D eigenvalue weighted by Gasteiger charge is -2.19. The SMILES string of the molecule is COc1ccc(C)cc1NC(=O)[C@@H]([NH2+]C[C@@H](C)c1ccccc1)c1ccccc1. The quantitative estimate of drug-likeness (QED) is 0.611. The van der Waals surface area contributed by atoms with Gasteiger partial charge in [-0.15, -0.1) is 0 Å². The van der Waals surface area contributed by atoms with E-state index in [9.17, 15) is 4.79 Å². The first kappa shape index (κ1) is 20.6. The van der Waals surface area contributed by atoms with Gasteiger partial charge in [0.15, 0.2) is 6.04 Å². The van der Waals surface area contributed by atoms with E-state index in [1.807, 2.05) is 61.5 Å². The molecular formula is C25H29N2O2+. The van der Waals surface area contributed by atoms with Crippen molar-refractivity contribution in [3.05, 3.63) is 95.6 Å². The van der Waals surface area contributed by atoms with Crippen molar-refractivity contribution in [2.24, 2.45) is 0 Å². The van der Waals surface area contributed by atoms with Crippen LogP contribution in [0.3, 0.4) is 0 Å². The van der Waals surface area contributed by atoms with Gasteiger partial charge >= 0.3 is 0 Å². The van der Waals surface area contributed by atoms with Gasteiger partial charge in [0, 0.05) is 11.5 Å². The summed E-state index contributed by atoms with van der Waals surface area (Å²) in [5, 5.41) is 5.18. The van der Waals surface area contributed by atoms with E-state index >= 15 is 0 Å². The highest BCUT2D eigenvalue weighted by Gasteiger charge is 2.26. The molecule has 0 saturated heterocycles. The van der Waals surface area contributed by atoms with Crippen LogP contribution in [0.15, 0.2) is 78.9 Å². The van der Waals surface area contributed by atoms with Gasteiger partial charge in [0.05, 0.1) is 19.3 Å². The van der Waals surface area contributed by atoms with Crippen LogP contribution >= 0.6 is 0 Å². The Morgan fingerprint density at radius 2 is 1.59 bits per heavy atom. The molecule has 0 aliphatic heterocycles. The van der Waals surface area contributed by atoms with E-state index in [2.05, 4.69) is 41.8 Å². The van der Waals surface area contributed by atoms with E-state index in [-0.39, 0.29) is 11.9 Å². The van der Waals surface area contributed by atoms with Crippen molar-refractivity contribution in [1.82, 2.24) is 0 Å². The van der Waals surface area contributed by atoms with E-state index in [1.165, 1.54) is 5.56 Å². The Bertz CT molecular complexity index is 926. The fourth-order valence-corrected chi connectivity index (χ4v) is 3.44. The van der Waals surface area contributed by atoms with Crippen LogP contribution in [0, 0.1) is 6.92 Å². The fourth-order valence-electron chi connectivity index (χ4n) is 3.44. The number of carbonyl (C=O) groups is 1. The molecule has 3 rings (SSSR count). The topological polar surface area (TPSA) is 54.9 Å². The molecule has 4 nitrogen and oxygen atoms in total. The van der Waals surface area contributed by atoms with Crippen LogP contribution < -0.4 is 15.4 Å². The number of benzene rings is 3. The third-order valence-electron chi connectivity index (χ3n) is 5.15. The van der Waals surface area contributed by atoms with Gasteiger partial charge in [-0.25, -0.2) is 0 Å². The van der Waals surface area contributed by atoms with Gasteiger partial charge in [-0.3, -0.25) is 4.79 Å². The summed E-state index contributed by atoms with van der Waals surface area (Å²) >= 11 is 0. The number of ether oxygens (including phenoxy) is 1. The van der Waals surface area contributed by atoms with Crippen LogP contribution in [0.1, 0.15) is 35.6 Å². The van der Waals surface area contributed by atoms with Gasteiger partial charge in [0.2, 0.25) is 0 Å². The van der Waals surface area contributed by atoms with Gasteiger partial charge in [-0.1, -0.05) is 73.7 Å². The van der Waals surface area contributed by atoms with E-state index < -0.39 is 0 Å². The molecule has 1 amide bonds. The van der Waals surface area contributed by atoms with Gasteiger partial charge < -0.3 is 15.4 Å². The zero-order valence-electron chi connectivity index (χ0n) is 17.3. The molecule has 29 heavy (non-hydrogen) atoms. The molecule has 0 spiro atoms. The molecular weight excluding hydrogens is 360 g/mol. The van der Waals surface area contributed by atoms with Crippen molar-refractivity contribution < 1.29 is 14.8 Å². The van der Waals surface area contributed by atoms with Crippen molar-refractivity contribution in [2.75, 3.05) is 19.0 Å². The first-order valence-corrected chi connectivity index (χ1v) is 9.97. The van der Waals surface area contributed by atoms with Gasteiger partial charge in [-0.2, -0.15) is 0 Å². The van der Waals surface area contributed by atoms with Crippen LogP contribution in [-0.4, -0.2) is 19.6 Å². The fraction of sp³-hybridized carbons (Fsp3) is 0.240. The number of carbonyl (C=O) groups excluding carboxylic acids is 1. The highest BCUT2D eigenvalue weighted by Crippen LogP contribution is 2.26. The highest BCUT2D eigenvalue weighted by molar-refractivity contribution is 5.95. The monoisotopic (exact) mass is 389 g/mol. The first-order chi connectivity index (χ1) is 14.1. The van der Waals surface area contributed by atoms with Gasteiger partial charge in [-0.05, 0) is 30.2 Å². The zero-order valence-corrected chi connectivity index (χ0v) is 17.3. The zero-order chi connectivity index (χ0) is 20.6. The van der Waals surface area contributed by atoms with E-state index in [4.69, 9.17) is 4.74 Å². The molecule has 0 radical (unpaired) electrons. The second-order valence-electron chi connectivity index (χ2n) is 7.36. The number of nitrogens with one attached hydrogen (secondary N) is 1. The second kappa shape index (κ2) is 9.89. The molecule has 0 aliphatic carbocycles. The van der Waals surface area contributed by atoms with Crippen molar-refractivity contribution in [2.45, 2.75) is 25.8 Å². The lowest BCUT2D eigenvalue weighted by Crippen LogP contribution is -2.88. The van der Waals surface area contributed by atoms with Crippen molar-refractivity contribution in [3.63, 3.8) is 0 Å². The Kier molecular flexibility index (Phi) is 7.04. The first-order valence-electron chi connectivity index (χ1n) is 9.97. The summed E-state index contributed by atoms with van der Waals surface area (Å²) in [4.78, 5) is 13.2. The van der Waals surface area contributed by atoms with E-state index in [0.29, 0.717) is 17.4 Å². The molecule has 4 heteroatoms. The normalized spacial score (nSPS) is 12.8. The number of hydrogen-bond donors (Lipinski definition) is 2. The minimum atomic E-state index is -0.340. The summed E-state index contributed by atoms with van der Waals surface area (Å²) in [6.45, 7) is 4.99. The van der Waals surface area contributed by atoms with Crippen LogP contribution in [0.2, 0.25) is 0 Å². The summed E-state index contributed by atoms with van der Waals surface area (Å²) in [5.74, 6) is 0.942. The lowest BCUT2D eigenvalue weighted by atomic mass is 9.99. The maximum atomic E-state index is 13.2.